The third-order valence-corrected chi connectivity index (χ3v) is 8.00. The van der Waals surface area contributed by atoms with Crippen molar-refractivity contribution in [2.24, 2.45) is 13.0 Å². The van der Waals surface area contributed by atoms with Crippen molar-refractivity contribution in [1.82, 2.24) is 14.7 Å². The number of benzene rings is 2. The molecule has 0 amide bonds. The van der Waals surface area contributed by atoms with Crippen molar-refractivity contribution in [3.63, 3.8) is 0 Å². The molecule has 0 unspecified atom stereocenters. The molecule has 6 rings (SSSR count). The van der Waals surface area contributed by atoms with E-state index in [2.05, 4.69) is 22.2 Å². The van der Waals surface area contributed by atoms with Crippen LogP contribution >= 0.6 is 23.2 Å². The number of carboxylic acid groups (broad SMARTS) is 1. The van der Waals surface area contributed by atoms with Gasteiger partial charge in [-0.2, -0.15) is 0 Å². The van der Waals surface area contributed by atoms with E-state index >= 15 is 0 Å². The highest BCUT2D eigenvalue weighted by Crippen LogP contribution is 2.46. The van der Waals surface area contributed by atoms with E-state index in [1.54, 1.807) is 12.1 Å². The first kappa shape index (κ1) is 24.1. The summed E-state index contributed by atoms with van der Waals surface area (Å²) >= 11 is 13.0. The Balaban J connectivity index is 1.21. The lowest BCUT2D eigenvalue weighted by molar-refractivity contribution is 0.0697. The molecule has 1 N–H and O–H groups in total. The quantitative estimate of drug-likeness (QED) is 0.284. The number of hydrogen-bond acceptors (Lipinski definition) is 5. The van der Waals surface area contributed by atoms with Gasteiger partial charge in [0.2, 0.25) is 5.95 Å². The van der Waals surface area contributed by atoms with Crippen LogP contribution in [-0.2, 0) is 7.05 Å². The van der Waals surface area contributed by atoms with Crippen molar-refractivity contribution < 1.29 is 14.4 Å². The summed E-state index contributed by atoms with van der Waals surface area (Å²) in [4.78, 5) is 18.4. The van der Waals surface area contributed by atoms with Crippen LogP contribution in [0.4, 0.5) is 5.95 Å². The average molecular weight is 537 g/mol. The number of halogens is 2. The second-order valence-electron chi connectivity index (χ2n) is 9.84. The lowest BCUT2D eigenvalue weighted by Gasteiger charge is -2.31. The molecule has 4 aromatic rings. The molecule has 37 heavy (non-hydrogen) atoms. The van der Waals surface area contributed by atoms with E-state index in [1.807, 2.05) is 35.9 Å². The highest BCUT2D eigenvalue weighted by atomic mass is 35.5. The summed E-state index contributed by atoms with van der Waals surface area (Å²) in [5.41, 5.74) is 4.26. The van der Waals surface area contributed by atoms with Crippen LogP contribution < -0.4 is 4.90 Å². The smallest absolute Gasteiger partial charge is 0.335 e. The topological polar surface area (TPSA) is 84.4 Å². The monoisotopic (exact) mass is 536 g/mol. The van der Waals surface area contributed by atoms with E-state index in [4.69, 9.17) is 32.7 Å². The summed E-state index contributed by atoms with van der Waals surface area (Å²) in [6, 6.07) is 10.6. The minimum Gasteiger partial charge on any atom is -0.478 e. The van der Waals surface area contributed by atoms with Crippen LogP contribution in [0, 0.1) is 5.92 Å². The summed E-state index contributed by atoms with van der Waals surface area (Å²) in [5, 5.41) is 14.8. The number of aryl methyl sites for hydroxylation is 1. The van der Waals surface area contributed by atoms with Crippen LogP contribution in [0.3, 0.4) is 0 Å². The number of imidazole rings is 1. The van der Waals surface area contributed by atoms with Crippen LogP contribution in [0.25, 0.3) is 28.4 Å². The molecule has 0 bridgehead atoms. The number of aromatic nitrogens is 3. The van der Waals surface area contributed by atoms with Gasteiger partial charge in [-0.05, 0) is 61.9 Å². The number of fused-ring (bicyclic) bond motifs is 1. The lowest BCUT2D eigenvalue weighted by atomic mass is 9.94. The van der Waals surface area contributed by atoms with Crippen molar-refractivity contribution in [2.75, 3.05) is 18.0 Å². The Labute approximate surface area is 224 Å². The fourth-order valence-corrected chi connectivity index (χ4v) is 5.72. The molecule has 1 saturated heterocycles. The zero-order chi connectivity index (χ0) is 25.7. The van der Waals surface area contributed by atoms with E-state index in [-0.39, 0.29) is 5.56 Å². The fourth-order valence-electron chi connectivity index (χ4n) is 5.14. The number of rotatable bonds is 6. The molecule has 2 aliphatic rings. The van der Waals surface area contributed by atoms with Gasteiger partial charge in [0.25, 0.3) is 0 Å². The number of nitrogens with zero attached hydrogens (tertiary/aromatic N) is 4. The van der Waals surface area contributed by atoms with Gasteiger partial charge in [-0.15, -0.1) is 0 Å². The minimum atomic E-state index is -0.945. The van der Waals surface area contributed by atoms with E-state index in [9.17, 15) is 9.90 Å². The van der Waals surface area contributed by atoms with E-state index in [1.165, 1.54) is 0 Å². The first-order valence-corrected chi connectivity index (χ1v) is 13.2. The third-order valence-electron chi connectivity index (χ3n) is 7.37. The molecule has 2 fully saturated rings. The van der Waals surface area contributed by atoms with Gasteiger partial charge in [0.15, 0.2) is 0 Å². The standard InChI is InChI=1S/C28H26Cl2N4O3/c1-33-23-10-8-18(27(35)36)15-22(23)31-28(33)34-13-11-16(12-14-34)5-9-19-25(32-37-26(19)17-6-7-17)24-20(29)3-2-4-21(24)30/h2-5,8-10,15-17H,6-7,11-14H2,1H3,(H,35,36). The molecule has 1 aliphatic heterocycles. The van der Waals surface area contributed by atoms with Gasteiger partial charge >= 0.3 is 5.97 Å². The predicted octanol–water partition coefficient (Wildman–Crippen LogP) is 7.04. The first-order valence-electron chi connectivity index (χ1n) is 12.5. The van der Waals surface area contributed by atoms with Crippen molar-refractivity contribution in [1.29, 1.82) is 0 Å². The van der Waals surface area contributed by atoms with Gasteiger partial charge in [-0.25, -0.2) is 9.78 Å². The molecule has 7 nitrogen and oxygen atoms in total. The SMILES string of the molecule is Cn1c(N2CCC(C=Cc3c(-c4c(Cl)cccc4Cl)noc3C3CC3)CC2)nc2cc(C(=O)O)ccc21. The maximum absolute atomic E-state index is 11.3. The van der Waals surface area contributed by atoms with Crippen LogP contribution in [-0.4, -0.2) is 38.9 Å². The van der Waals surface area contributed by atoms with Gasteiger partial charge < -0.3 is 19.1 Å². The number of anilines is 1. The van der Waals surface area contributed by atoms with Crippen molar-refractivity contribution in [2.45, 2.75) is 31.6 Å². The summed E-state index contributed by atoms with van der Waals surface area (Å²) in [5.74, 6) is 1.65. The van der Waals surface area contributed by atoms with E-state index in [0.717, 1.165) is 61.6 Å². The molecule has 9 heteroatoms. The Morgan fingerprint density at radius 1 is 1.11 bits per heavy atom. The number of hydrogen-bond donors (Lipinski definition) is 1. The highest BCUT2D eigenvalue weighted by molar-refractivity contribution is 6.39. The number of allylic oxidation sites excluding steroid dienone is 1. The number of carboxylic acids is 1. The second kappa shape index (κ2) is 9.54. The van der Waals surface area contributed by atoms with Crippen molar-refractivity contribution in [3.8, 4) is 11.3 Å². The van der Waals surface area contributed by atoms with Gasteiger partial charge in [0, 0.05) is 37.2 Å². The Morgan fingerprint density at radius 3 is 2.51 bits per heavy atom. The third kappa shape index (κ3) is 4.51. The Morgan fingerprint density at radius 2 is 1.84 bits per heavy atom. The zero-order valence-electron chi connectivity index (χ0n) is 20.3. The van der Waals surface area contributed by atoms with Gasteiger partial charge in [-0.3, -0.25) is 0 Å². The summed E-state index contributed by atoms with van der Waals surface area (Å²) in [7, 11) is 1.98. The molecular weight excluding hydrogens is 511 g/mol. The molecule has 2 aromatic heterocycles. The molecule has 1 aliphatic carbocycles. The van der Waals surface area contributed by atoms with Crippen LogP contribution in [0.5, 0.6) is 0 Å². The Hall–Kier alpha value is -3.29. The Kier molecular flexibility index (Phi) is 6.21. The molecule has 1 saturated carbocycles. The lowest BCUT2D eigenvalue weighted by Crippen LogP contribution is -2.34. The van der Waals surface area contributed by atoms with Crippen LogP contribution in [0.2, 0.25) is 10.0 Å². The predicted molar refractivity (Wildman–Crippen MR) is 146 cm³/mol. The van der Waals surface area contributed by atoms with Gasteiger partial charge in [-0.1, -0.05) is 46.6 Å². The van der Waals surface area contributed by atoms with Crippen molar-refractivity contribution in [3.05, 3.63) is 69.4 Å². The van der Waals surface area contributed by atoms with Crippen LogP contribution in [0.1, 0.15) is 53.3 Å². The molecule has 190 valence electrons. The minimum absolute atomic E-state index is 0.248. The molecule has 0 radical (unpaired) electrons. The Bertz CT molecular complexity index is 1510. The van der Waals surface area contributed by atoms with Gasteiger partial charge in [0.05, 0.1) is 26.6 Å². The van der Waals surface area contributed by atoms with E-state index < -0.39 is 5.97 Å². The molecule has 2 aromatic carbocycles. The number of aromatic carboxylic acids is 1. The fraction of sp³-hybridized carbons (Fsp3) is 0.321. The first-order chi connectivity index (χ1) is 17.9. The average Bonchev–Trinajstić information content (AvgIpc) is 3.57. The second-order valence-corrected chi connectivity index (χ2v) is 10.7. The molecule has 0 atom stereocenters. The van der Waals surface area contributed by atoms with Crippen molar-refractivity contribution >= 4 is 52.2 Å². The summed E-state index contributed by atoms with van der Waals surface area (Å²) < 4.78 is 7.83. The zero-order valence-corrected chi connectivity index (χ0v) is 21.8. The van der Waals surface area contributed by atoms with Gasteiger partial charge in [0.1, 0.15) is 11.5 Å². The van der Waals surface area contributed by atoms with Crippen LogP contribution in [0.15, 0.2) is 47.0 Å². The number of piperidine rings is 1. The summed E-state index contributed by atoms with van der Waals surface area (Å²) in [6.07, 6.45) is 8.57. The maximum atomic E-state index is 11.3. The molecule has 0 spiro atoms. The normalized spacial score (nSPS) is 16.8. The molecule has 3 heterocycles. The number of carbonyl (C=O) groups is 1. The largest absolute Gasteiger partial charge is 0.478 e. The van der Waals surface area contributed by atoms with E-state index in [0.29, 0.717) is 38.7 Å². The highest BCUT2D eigenvalue weighted by Gasteiger charge is 2.33. The maximum Gasteiger partial charge on any atom is 0.335 e. The summed E-state index contributed by atoms with van der Waals surface area (Å²) in [6.45, 7) is 1.72. The molecular formula is C28H26Cl2N4O3.